The molecular weight excluding hydrogens is 232 g/mol. The SMILES string of the molecule is CC1CC(C(=O)O)C(C(=O)N2CCCNCC2)C1. The van der Waals surface area contributed by atoms with Crippen LogP contribution in [0.15, 0.2) is 0 Å². The molecule has 0 bridgehead atoms. The van der Waals surface area contributed by atoms with Gasteiger partial charge in [-0.2, -0.15) is 0 Å². The van der Waals surface area contributed by atoms with E-state index in [1.807, 2.05) is 11.8 Å². The van der Waals surface area contributed by atoms with E-state index in [-0.39, 0.29) is 11.8 Å². The lowest BCUT2D eigenvalue weighted by atomic mass is 9.94. The molecule has 1 saturated heterocycles. The van der Waals surface area contributed by atoms with E-state index in [4.69, 9.17) is 0 Å². The number of aliphatic carboxylic acids is 1. The molecule has 5 heteroatoms. The molecule has 1 saturated carbocycles. The summed E-state index contributed by atoms with van der Waals surface area (Å²) < 4.78 is 0. The smallest absolute Gasteiger partial charge is 0.307 e. The summed E-state index contributed by atoms with van der Waals surface area (Å²) in [4.78, 5) is 25.5. The fraction of sp³-hybridized carbons (Fsp3) is 0.846. The summed E-state index contributed by atoms with van der Waals surface area (Å²) in [5.74, 6) is -1.22. The molecule has 0 aromatic rings. The van der Waals surface area contributed by atoms with Gasteiger partial charge in [0.25, 0.3) is 0 Å². The fourth-order valence-electron chi connectivity index (χ4n) is 3.14. The molecule has 18 heavy (non-hydrogen) atoms. The molecule has 2 fully saturated rings. The number of nitrogens with one attached hydrogen (secondary N) is 1. The van der Waals surface area contributed by atoms with Crippen molar-refractivity contribution >= 4 is 11.9 Å². The fourth-order valence-corrected chi connectivity index (χ4v) is 3.14. The Hall–Kier alpha value is -1.10. The van der Waals surface area contributed by atoms with E-state index < -0.39 is 11.9 Å². The van der Waals surface area contributed by atoms with E-state index in [2.05, 4.69) is 5.32 Å². The maximum absolute atomic E-state index is 12.4. The zero-order valence-corrected chi connectivity index (χ0v) is 10.9. The van der Waals surface area contributed by atoms with Crippen LogP contribution in [0, 0.1) is 17.8 Å². The predicted molar refractivity (Wildman–Crippen MR) is 67.1 cm³/mol. The molecule has 2 rings (SSSR count). The minimum absolute atomic E-state index is 0.0513. The lowest BCUT2D eigenvalue weighted by molar-refractivity contribution is -0.149. The topological polar surface area (TPSA) is 69.6 Å². The zero-order valence-electron chi connectivity index (χ0n) is 10.9. The number of amides is 1. The van der Waals surface area contributed by atoms with Gasteiger partial charge >= 0.3 is 5.97 Å². The molecule has 5 nitrogen and oxygen atoms in total. The summed E-state index contributed by atoms with van der Waals surface area (Å²) in [6, 6.07) is 0. The minimum Gasteiger partial charge on any atom is -0.481 e. The van der Waals surface area contributed by atoms with E-state index in [1.54, 1.807) is 0 Å². The highest BCUT2D eigenvalue weighted by Gasteiger charge is 2.42. The molecule has 2 N–H and O–H groups in total. The molecule has 3 unspecified atom stereocenters. The number of nitrogens with zero attached hydrogens (tertiary/aromatic N) is 1. The molecular formula is C13H22N2O3. The number of rotatable bonds is 2. The molecule has 1 aliphatic carbocycles. The van der Waals surface area contributed by atoms with Crippen LogP contribution in [-0.4, -0.2) is 48.1 Å². The second-order valence-electron chi connectivity index (χ2n) is 5.56. The first kappa shape index (κ1) is 13.3. The first-order chi connectivity index (χ1) is 8.59. The minimum atomic E-state index is -0.814. The Labute approximate surface area is 108 Å². The van der Waals surface area contributed by atoms with Crippen LogP contribution in [0.4, 0.5) is 0 Å². The van der Waals surface area contributed by atoms with E-state index in [0.29, 0.717) is 18.9 Å². The van der Waals surface area contributed by atoms with Gasteiger partial charge in [0, 0.05) is 19.6 Å². The molecule has 0 radical (unpaired) electrons. The number of carbonyl (C=O) groups excluding carboxylic acids is 1. The van der Waals surface area contributed by atoms with Crippen LogP contribution in [0.25, 0.3) is 0 Å². The van der Waals surface area contributed by atoms with Gasteiger partial charge < -0.3 is 15.3 Å². The highest BCUT2D eigenvalue weighted by molar-refractivity contribution is 5.85. The number of hydrogen-bond acceptors (Lipinski definition) is 3. The monoisotopic (exact) mass is 254 g/mol. The molecule has 0 aromatic carbocycles. The third-order valence-electron chi connectivity index (χ3n) is 4.08. The molecule has 1 aliphatic heterocycles. The van der Waals surface area contributed by atoms with Crippen LogP contribution in [0.3, 0.4) is 0 Å². The summed E-state index contributed by atoms with van der Waals surface area (Å²) in [5, 5.41) is 12.5. The van der Waals surface area contributed by atoms with Crippen molar-refractivity contribution in [2.75, 3.05) is 26.2 Å². The number of hydrogen-bond donors (Lipinski definition) is 2. The highest BCUT2D eigenvalue weighted by atomic mass is 16.4. The summed E-state index contributed by atoms with van der Waals surface area (Å²) in [5.41, 5.74) is 0. The van der Waals surface area contributed by atoms with Gasteiger partial charge in [-0.25, -0.2) is 0 Å². The first-order valence-corrected chi connectivity index (χ1v) is 6.82. The highest BCUT2D eigenvalue weighted by Crippen LogP contribution is 2.37. The summed E-state index contributed by atoms with van der Waals surface area (Å²) in [6.07, 6.45) is 2.31. The molecule has 1 heterocycles. The number of carbonyl (C=O) groups is 2. The van der Waals surface area contributed by atoms with Crippen molar-refractivity contribution in [3.63, 3.8) is 0 Å². The van der Waals surface area contributed by atoms with E-state index in [0.717, 1.165) is 32.5 Å². The van der Waals surface area contributed by atoms with Gasteiger partial charge in [0.05, 0.1) is 11.8 Å². The van der Waals surface area contributed by atoms with Crippen LogP contribution >= 0.6 is 0 Å². The van der Waals surface area contributed by atoms with Gasteiger partial charge in [-0.3, -0.25) is 9.59 Å². The zero-order chi connectivity index (χ0) is 13.1. The van der Waals surface area contributed by atoms with Gasteiger partial charge in [0.15, 0.2) is 0 Å². The van der Waals surface area contributed by atoms with Crippen molar-refractivity contribution in [3.8, 4) is 0 Å². The molecule has 0 spiro atoms. The van der Waals surface area contributed by atoms with Gasteiger partial charge in [-0.05, 0) is 31.7 Å². The Morgan fingerprint density at radius 3 is 2.61 bits per heavy atom. The van der Waals surface area contributed by atoms with Gasteiger partial charge in [-0.15, -0.1) is 0 Å². The average Bonchev–Trinajstić information content (AvgIpc) is 2.56. The number of carboxylic acid groups (broad SMARTS) is 1. The second kappa shape index (κ2) is 5.69. The second-order valence-corrected chi connectivity index (χ2v) is 5.56. The quantitative estimate of drug-likeness (QED) is 0.755. The van der Waals surface area contributed by atoms with Crippen molar-refractivity contribution in [3.05, 3.63) is 0 Å². The summed E-state index contributed by atoms with van der Waals surface area (Å²) >= 11 is 0. The van der Waals surface area contributed by atoms with Crippen LogP contribution in [0.5, 0.6) is 0 Å². The van der Waals surface area contributed by atoms with Crippen molar-refractivity contribution in [2.45, 2.75) is 26.2 Å². The molecule has 102 valence electrons. The Balaban J connectivity index is 2.04. The normalized spacial score (nSPS) is 33.2. The molecule has 0 aromatic heterocycles. The van der Waals surface area contributed by atoms with E-state index >= 15 is 0 Å². The van der Waals surface area contributed by atoms with Crippen molar-refractivity contribution in [1.29, 1.82) is 0 Å². The van der Waals surface area contributed by atoms with Crippen LogP contribution in [0.1, 0.15) is 26.2 Å². The summed E-state index contributed by atoms with van der Waals surface area (Å²) in [6.45, 7) is 5.24. The van der Waals surface area contributed by atoms with Crippen LogP contribution < -0.4 is 5.32 Å². The lowest BCUT2D eigenvalue weighted by Crippen LogP contribution is -2.41. The standard InChI is InChI=1S/C13H22N2O3/c1-9-7-10(11(8-9)13(17)18)12(16)15-5-2-3-14-4-6-15/h9-11,14H,2-8H2,1H3,(H,17,18). The van der Waals surface area contributed by atoms with Gasteiger partial charge in [0.2, 0.25) is 5.91 Å². The van der Waals surface area contributed by atoms with Crippen molar-refractivity contribution in [2.24, 2.45) is 17.8 Å². The van der Waals surface area contributed by atoms with E-state index in [9.17, 15) is 14.7 Å². The first-order valence-electron chi connectivity index (χ1n) is 6.82. The molecule has 3 atom stereocenters. The molecule has 2 aliphatic rings. The van der Waals surface area contributed by atoms with Crippen LogP contribution in [-0.2, 0) is 9.59 Å². The molecule has 1 amide bonds. The largest absolute Gasteiger partial charge is 0.481 e. The number of carboxylic acids is 1. The Bertz CT molecular complexity index is 324. The summed E-state index contributed by atoms with van der Waals surface area (Å²) in [7, 11) is 0. The maximum Gasteiger partial charge on any atom is 0.307 e. The van der Waals surface area contributed by atoms with Crippen molar-refractivity contribution in [1.82, 2.24) is 10.2 Å². The predicted octanol–water partition coefficient (Wildman–Crippen LogP) is 0.555. The third kappa shape index (κ3) is 2.83. The van der Waals surface area contributed by atoms with E-state index in [1.165, 1.54) is 0 Å². The Morgan fingerprint density at radius 2 is 1.89 bits per heavy atom. The third-order valence-corrected chi connectivity index (χ3v) is 4.08. The van der Waals surface area contributed by atoms with Gasteiger partial charge in [-0.1, -0.05) is 6.92 Å². The maximum atomic E-state index is 12.4. The van der Waals surface area contributed by atoms with Crippen molar-refractivity contribution < 1.29 is 14.7 Å². The van der Waals surface area contributed by atoms with Gasteiger partial charge in [0.1, 0.15) is 0 Å². The Morgan fingerprint density at radius 1 is 1.17 bits per heavy atom. The Kier molecular flexibility index (Phi) is 4.22. The lowest BCUT2D eigenvalue weighted by Gasteiger charge is -2.25. The average molecular weight is 254 g/mol. The van der Waals surface area contributed by atoms with Crippen LogP contribution in [0.2, 0.25) is 0 Å².